The molecule has 0 radical (unpaired) electrons. The largest absolute Gasteiger partial charge is 0.392 e. The average molecular weight is 173 g/mol. The van der Waals surface area contributed by atoms with Gasteiger partial charge in [0.1, 0.15) is 9.68 Å². The lowest BCUT2D eigenvalue weighted by Gasteiger charge is -2.24. The molecule has 0 aromatic rings. The van der Waals surface area contributed by atoms with E-state index in [4.69, 9.17) is 0 Å². The Bertz CT molecular complexity index is 133. The van der Waals surface area contributed by atoms with Gasteiger partial charge in [-0.15, -0.1) is 0 Å². The third-order valence-corrected chi connectivity index (χ3v) is 3.92. The van der Waals surface area contributed by atoms with Crippen LogP contribution < -0.4 is 0 Å². The molecule has 1 saturated heterocycles. The summed E-state index contributed by atoms with van der Waals surface area (Å²) < 4.78 is 2.48. The maximum absolute atomic E-state index is 9.28. The molecule has 66 valence electrons. The van der Waals surface area contributed by atoms with E-state index in [2.05, 4.69) is 25.3 Å². The van der Waals surface area contributed by atoms with E-state index in [1.165, 1.54) is 0 Å². The van der Waals surface area contributed by atoms with Crippen molar-refractivity contribution in [3.63, 3.8) is 0 Å². The topological polar surface area (TPSA) is 23.5 Å². The molecule has 1 atom stereocenters. The minimum atomic E-state index is -0.132. The van der Waals surface area contributed by atoms with E-state index >= 15 is 0 Å². The molecular formula is C8H19NOSi. The van der Waals surface area contributed by atoms with E-state index in [0.717, 1.165) is 19.5 Å². The van der Waals surface area contributed by atoms with Gasteiger partial charge in [0.2, 0.25) is 0 Å². The molecule has 0 aromatic heterocycles. The van der Waals surface area contributed by atoms with Gasteiger partial charge in [0, 0.05) is 6.54 Å². The number of rotatable bonds is 1. The van der Waals surface area contributed by atoms with Gasteiger partial charge in [-0.1, -0.05) is 20.8 Å². The van der Waals surface area contributed by atoms with Gasteiger partial charge in [-0.25, -0.2) is 0 Å². The number of β-amino-alcohol motifs (C(OH)–C–C–N with tert-alkyl or cyclic N) is 1. The molecular weight excluding hydrogens is 154 g/mol. The summed E-state index contributed by atoms with van der Waals surface area (Å²) in [6, 6.07) is 0. The molecule has 11 heavy (non-hydrogen) atoms. The summed E-state index contributed by atoms with van der Waals surface area (Å²) in [6.07, 6.45) is 0.952. The Kier molecular flexibility index (Phi) is 2.73. The number of aliphatic hydroxyl groups is 1. The van der Waals surface area contributed by atoms with Crippen LogP contribution in [0.1, 0.15) is 27.2 Å². The van der Waals surface area contributed by atoms with Crippen LogP contribution in [0.4, 0.5) is 0 Å². The van der Waals surface area contributed by atoms with E-state index in [1.54, 1.807) is 0 Å². The zero-order chi connectivity index (χ0) is 8.48. The first-order valence-electron chi connectivity index (χ1n) is 4.38. The first kappa shape index (κ1) is 9.23. The van der Waals surface area contributed by atoms with Crippen molar-refractivity contribution >= 4 is 9.68 Å². The van der Waals surface area contributed by atoms with Crippen molar-refractivity contribution in [3.05, 3.63) is 0 Å². The summed E-state index contributed by atoms with van der Waals surface area (Å²) in [6.45, 7) is 8.95. The smallest absolute Gasteiger partial charge is 0.100 e. The van der Waals surface area contributed by atoms with Crippen molar-refractivity contribution in [2.75, 3.05) is 13.1 Å². The third-order valence-electron chi connectivity index (χ3n) is 1.95. The molecule has 0 aromatic carbocycles. The van der Waals surface area contributed by atoms with Crippen LogP contribution in [0.25, 0.3) is 0 Å². The molecule has 1 unspecified atom stereocenters. The Balaban J connectivity index is 2.29. The van der Waals surface area contributed by atoms with Gasteiger partial charge in [-0.3, -0.25) is 0 Å². The Labute approximate surface area is 71.5 Å². The van der Waals surface area contributed by atoms with E-state index in [1.807, 2.05) is 0 Å². The summed E-state index contributed by atoms with van der Waals surface area (Å²) in [5.74, 6) is 0. The van der Waals surface area contributed by atoms with Crippen LogP contribution >= 0.6 is 0 Å². The second kappa shape index (κ2) is 3.25. The van der Waals surface area contributed by atoms with Crippen LogP contribution in [0.5, 0.6) is 0 Å². The molecule has 0 aliphatic carbocycles. The highest BCUT2D eigenvalue weighted by Crippen LogP contribution is 2.23. The average Bonchev–Trinajstić information content (AvgIpc) is 2.10. The normalized spacial score (nSPS) is 28.9. The van der Waals surface area contributed by atoms with Crippen molar-refractivity contribution in [1.29, 1.82) is 0 Å². The Hall–Kier alpha value is 0.137. The maximum Gasteiger partial charge on any atom is 0.100 e. The van der Waals surface area contributed by atoms with Crippen molar-refractivity contribution in [3.8, 4) is 0 Å². The minimum absolute atomic E-state index is 0.0372. The second-order valence-corrected chi connectivity index (χ2v) is 8.07. The number of nitrogens with zero attached hydrogens (tertiary/aromatic N) is 1. The molecule has 1 N–H and O–H groups in total. The van der Waals surface area contributed by atoms with Crippen molar-refractivity contribution in [1.82, 2.24) is 4.57 Å². The monoisotopic (exact) mass is 173 g/mol. The van der Waals surface area contributed by atoms with Crippen LogP contribution in [-0.4, -0.2) is 38.5 Å². The predicted molar refractivity (Wildman–Crippen MR) is 50.5 cm³/mol. The first-order valence-corrected chi connectivity index (χ1v) is 5.72. The van der Waals surface area contributed by atoms with Crippen LogP contribution in [-0.2, 0) is 0 Å². The van der Waals surface area contributed by atoms with Crippen LogP contribution in [0.2, 0.25) is 5.04 Å². The van der Waals surface area contributed by atoms with E-state index in [0.29, 0.717) is 5.04 Å². The zero-order valence-electron chi connectivity index (χ0n) is 7.80. The van der Waals surface area contributed by atoms with E-state index < -0.39 is 0 Å². The number of hydrogen-bond acceptors (Lipinski definition) is 2. The molecule has 2 nitrogen and oxygen atoms in total. The highest BCUT2D eigenvalue weighted by molar-refractivity contribution is 6.36. The Morgan fingerprint density at radius 2 is 2.09 bits per heavy atom. The van der Waals surface area contributed by atoms with Gasteiger partial charge >= 0.3 is 0 Å². The highest BCUT2D eigenvalue weighted by Gasteiger charge is 2.24. The van der Waals surface area contributed by atoms with Gasteiger partial charge in [0.15, 0.2) is 0 Å². The van der Waals surface area contributed by atoms with Gasteiger partial charge < -0.3 is 9.67 Å². The fourth-order valence-electron chi connectivity index (χ4n) is 1.63. The summed E-state index contributed by atoms with van der Waals surface area (Å²) in [5, 5.41) is 9.78. The lowest BCUT2D eigenvalue weighted by molar-refractivity contribution is 0.189. The SMILES string of the molecule is CC(C)(C)[SiH2]N1CCC(O)C1. The van der Waals surface area contributed by atoms with Crippen molar-refractivity contribution in [2.24, 2.45) is 0 Å². The molecule has 0 bridgehead atoms. The van der Waals surface area contributed by atoms with Gasteiger partial charge in [-0.2, -0.15) is 0 Å². The lowest BCUT2D eigenvalue weighted by Crippen LogP contribution is -2.32. The van der Waals surface area contributed by atoms with E-state index in [-0.39, 0.29) is 15.8 Å². The highest BCUT2D eigenvalue weighted by atomic mass is 28.2. The summed E-state index contributed by atoms with van der Waals surface area (Å²) in [5.41, 5.74) is 0. The van der Waals surface area contributed by atoms with Crippen LogP contribution in [0.3, 0.4) is 0 Å². The maximum atomic E-state index is 9.28. The van der Waals surface area contributed by atoms with Gasteiger partial charge in [-0.05, 0) is 18.0 Å². The molecule has 0 saturated carbocycles. The van der Waals surface area contributed by atoms with Gasteiger partial charge in [0.25, 0.3) is 0 Å². The van der Waals surface area contributed by atoms with Crippen molar-refractivity contribution in [2.45, 2.75) is 38.3 Å². The number of aliphatic hydroxyl groups excluding tert-OH is 1. The van der Waals surface area contributed by atoms with Crippen molar-refractivity contribution < 1.29 is 5.11 Å². The van der Waals surface area contributed by atoms with Crippen LogP contribution in [0.15, 0.2) is 0 Å². The van der Waals surface area contributed by atoms with E-state index in [9.17, 15) is 5.11 Å². The Morgan fingerprint density at radius 3 is 2.45 bits per heavy atom. The first-order chi connectivity index (χ1) is 4.97. The fraction of sp³-hybridized carbons (Fsp3) is 1.00. The molecule has 0 spiro atoms. The predicted octanol–water partition coefficient (Wildman–Crippen LogP) is 0.355. The van der Waals surface area contributed by atoms with Gasteiger partial charge in [0.05, 0.1) is 6.10 Å². The zero-order valence-corrected chi connectivity index (χ0v) is 9.21. The summed E-state index contributed by atoms with van der Waals surface area (Å²) >= 11 is 0. The Morgan fingerprint density at radius 1 is 1.45 bits per heavy atom. The molecule has 0 amide bonds. The quantitative estimate of drug-likeness (QED) is 0.579. The molecule has 3 heteroatoms. The van der Waals surface area contributed by atoms with Crippen LogP contribution in [0, 0.1) is 0 Å². The third kappa shape index (κ3) is 3.36. The molecule has 1 fully saturated rings. The minimum Gasteiger partial charge on any atom is -0.392 e. The molecule has 1 rings (SSSR count). The fourth-order valence-corrected chi connectivity index (χ4v) is 3.74. The summed E-state index contributed by atoms with van der Waals surface area (Å²) in [4.78, 5) is 0. The summed E-state index contributed by atoms with van der Waals surface area (Å²) in [7, 11) is -0.132. The molecule has 1 aliphatic heterocycles. The standard InChI is InChI=1S/C8H19NOSi/c1-8(2,3)11-9-5-4-7(10)6-9/h7,10H,4-6,11H2,1-3H3. The number of hydrogen-bond donors (Lipinski definition) is 1. The second-order valence-electron chi connectivity index (χ2n) is 4.74. The lowest BCUT2D eigenvalue weighted by atomic mass is 10.3. The molecule has 1 aliphatic rings. The molecule has 1 heterocycles.